The Balaban J connectivity index is 1.27. The van der Waals surface area contributed by atoms with Crippen molar-refractivity contribution in [1.82, 2.24) is 15.3 Å². The third-order valence-corrected chi connectivity index (χ3v) is 5.53. The van der Waals surface area contributed by atoms with Crippen molar-refractivity contribution in [1.29, 1.82) is 5.26 Å². The van der Waals surface area contributed by atoms with Crippen LogP contribution in [0.3, 0.4) is 0 Å². The molecule has 1 aliphatic rings. The van der Waals surface area contributed by atoms with E-state index in [1.807, 2.05) is 36.4 Å². The molecule has 0 aliphatic heterocycles. The average molecular weight is 430 g/mol. The molecule has 0 fully saturated rings. The number of hydrogen-bond donors (Lipinski definition) is 3. The zero-order valence-corrected chi connectivity index (χ0v) is 17.2. The van der Waals surface area contributed by atoms with Gasteiger partial charge in [0.1, 0.15) is 18.8 Å². The molecule has 1 aliphatic carbocycles. The number of carbonyl (C=O) groups is 1. The number of nitrogens with zero attached hydrogens (tertiary/aromatic N) is 3. The number of aromatic nitrogens is 2. The molecule has 0 saturated heterocycles. The number of aliphatic hydroxyl groups is 2. The SMILES string of the molecule is N#Cc1ncc(C(O)C(O)CCNC(=O)OCC2c3ccccc3-c3ccccc32)cn1. The minimum Gasteiger partial charge on any atom is -0.449 e. The predicted molar refractivity (Wildman–Crippen MR) is 115 cm³/mol. The van der Waals surface area contributed by atoms with E-state index in [0.717, 1.165) is 22.3 Å². The van der Waals surface area contributed by atoms with E-state index in [1.54, 1.807) is 6.07 Å². The van der Waals surface area contributed by atoms with Gasteiger partial charge in [0.2, 0.25) is 5.82 Å². The molecule has 0 radical (unpaired) electrons. The summed E-state index contributed by atoms with van der Waals surface area (Å²) in [5.41, 5.74) is 4.86. The van der Waals surface area contributed by atoms with Crippen LogP contribution < -0.4 is 5.32 Å². The van der Waals surface area contributed by atoms with Crippen LogP contribution >= 0.6 is 0 Å². The number of hydrogen-bond acceptors (Lipinski definition) is 7. The molecule has 3 aromatic rings. The molecule has 3 N–H and O–H groups in total. The third kappa shape index (κ3) is 4.44. The fraction of sp³-hybridized carbons (Fsp3) is 0.250. The standard InChI is InChI=1S/C24H22N4O4/c25-11-22-27-12-15(13-28-22)23(30)21(29)9-10-26-24(31)32-14-20-18-7-3-1-5-16(18)17-6-2-4-8-19(17)20/h1-8,12-13,20-21,23,29-30H,9-10,14H2,(H,26,31). The highest BCUT2D eigenvalue weighted by Gasteiger charge is 2.29. The molecule has 4 rings (SSSR count). The Morgan fingerprint density at radius 3 is 2.25 bits per heavy atom. The summed E-state index contributed by atoms with van der Waals surface area (Å²) in [6.07, 6.45) is -0.273. The Hall–Kier alpha value is -3.80. The van der Waals surface area contributed by atoms with Crippen LogP contribution in [-0.4, -0.2) is 45.5 Å². The smallest absolute Gasteiger partial charge is 0.407 e. The maximum absolute atomic E-state index is 12.2. The summed E-state index contributed by atoms with van der Waals surface area (Å²) in [5.74, 6) is -0.0516. The summed E-state index contributed by atoms with van der Waals surface area (Å²) in [5, 5.41) is 31.7. The number of nitrogens with one attached hydrogen (secondary N) is 1. The van der Waals surface area contributed by atoms with E-state index in [-0.39, 0.29) is 36.9 Å². The van der Waals surface area contributed by atoms with Gasteiger partial charge in [-0.3, -0.25) is 0 Å². The summed E-state index contributed by atoms with van der Waals surface area (Å²) in [4.78, 5) is 19.7. The Labute approximate surface area is 185 Å². The number of amides is 1. The third-order valence-electron chi connectivity index (χ3n) is 5.53. The summed E-state index contributed by atoms with van der Waals surface area (Å²) < 4.78 is 5.45. The minimum atomic E-state index is -1.23. The highest BCUT2D eigenvalue weighted by molar-refractivity contribution is 5.79. The molecule has 8 heteroatoms. The van der Waals surface area contributed by atoms with Gasteiger partial charge < -0.3 is 20.3 Å². The lowest BCUT2D eigenvalue weighted by Gasteiger charge is -2.18. The van der Waals surface area contributed by atoms with Crippen molar-refractivity contribution in [3.8, 4) is 17.2 Å². The Bertz CT molecular complexity index is 1100. The zero-order valence-electron chi connectivity index (χ0n) is 17.2. The lowest BCUT2D eigenvalue weighted by molar-refractivity contribution is 0.0132. The maximum atomic E-state index is 12.2. The summed E-state index contributed by atoms with van der Waals surface area (Å²) in [7, 11) is 0. The van der Waals surface area contributed by atoms with Gasteiger partial charge in [0.05, 0.1) is 6.10 Å². The summed E-state index contributed by atoms with van der Waals surface area (Å²) in [6.45, 7) is 0.319. The van der Waals surface area contributed by atoms with Crippen molar-refractivity contribution in [3.63, 3.8) is 0 Å². The lowest BCUT2D eigenvalue weighted by Crippen LogP contribution is -2.30. The van der Waals surface area contributed by atoms with Gasteiger partial charge in [-0.15, -0.1) is 0 Å². The first-order valence-electron chi connectivity index (χ1n) is 10.3. The second kappa shape index (κ2) is 9.56. The molecule has 2 atom stereocenters. The van der Waals surface area contributed by atoms with Gasteiger partial charge in [0.15, 0.2) is 0 Å². The molecule has 1 heterocycles. The monoisotopic (exact) mass is 430 g/mol. The van der Waals surface area contributed by atoms with Crippen LogP contribution in [0.15, 0.2) is 60.9 Å². The molecule has 2 aromatic carbocycles. The molecule has 0 saturated carbocycles. The van der Waals surface area contributed by atoms with Gasteiger partial charge in [-0.05, 0) is 28.7 Å². The van der Waals surface area contributed by atoms with E-state index in [4.69, 9.17) is 10.00 Å². The highest BCUT2D eigenvalue weighted by atomic mass is 16.5. The fourth-order valence-electron chi connectivity index (χ4n) is 3.90. The van der Waals surface area contributed by atoms with Gasteiger partial charge in [0, 0.05) is 30.4 Å². The molecule has 2 unspecified atom stereocenters. The first-order valence-corrected chi connectivity index (χ1v) is 10.3. The van der Waals surface area contributed by atoms with E-state index >= 15 is 0 Å². The second-order valence-electron chi connectivity index (χ2n) is 7.50. The van der Waals surface area contributed by atoms with Gasteiger partial charge >= 0.3 is 6.09 Å². The Morgan fingerprint density at radius 1 is 1.06 bits per heavy atom. The van der Waals surface area contributed by atoms with Crippen LogP contribution in [0.2, 0.25) is 0 Å². The second-order valence-corrected chi connectivity index (χ2v) is 7.50. The molecular formula is C24H22N4O4. The fourth-order valence-corrected chi connectivity index (χ4v) is 3.90. The number of aliphatic hydroxyl groups excluding tert-OH is 2. The lowest BCUT2D eigenvalue weighted by atomic mass is 9.98. The van der Waals surface area contributed by atoms with E-state index < -0.39 is 18.3 Å². The molecule has 0 spiro atoms. The van der Waals surface area contributed by atoms with Crippen molar-refractivity contribution in [2.24, 2.45) is 0 Å². The van der Waals surface area contributed by atoms with Crippen LogP contribution in [0.5, 0.6) is 0 Å². The summed E-state index contributed by atoms with van der Waals surface area (Å²) in [6, 6.07) is 18.0. The quantitative estimate of drug-likeness (QED) is 0.526. The number of benzene rings is 2. The van der Waals surface area contributed by atoms with Crippen molar-refractivity contribution in [3.05, 3.63) is 83.4 Å². The number of ether oxygens (including phenoxy) is 1. The van der Waals surface area contributed by atoms with Crippen LogP contribution in [0.25, 0.3) is 11.1 Å². The topological polar surface area (TPSA) is 128 Å². The number of nitriles is 1. The zero-order chi connectivity index (χ0) is 22.5. The van der Waals surface area contributed by atoms with Crippen LogP contribution in [-0.2, 0) is 4.74 Å². The molecule has 162 valence electrons. The minimum absolute atomic E-state index is 0.0210. The molecular weight excluding hydrogens is 408 g/mol. The van der Waals surface area contributed by atoms with E-state index in [9.17, 15) is 15.0 Å². The largest absolute Gasteiger partial charge is 0.449 e. The van der Waals surface area contributed by atoms with Gasteiger partial charge in [-0.2, -0.15) is 5.26 Å². The molecule has 8 nitrogen and oxygen atoms in total. The maximum Gasteiger partial charge on any atom is 0.407 e. The van der Waals surface area contributed by atoms with E-state index in [1.165, 1.54) is 12.4 Å². The summed E-state index contributed by atoms with van der Waals surface area (Å²) >= 11 is 0. The van der Waals surface area contributed by atoms with Crippen molar-refractivity contribution in [2.75, 3.05) is 13.2 Å². The van der Waals surface area contributed by atoms with Crippen molar-refractivity contribution < 1.29 is 19.7 Å². The van der Waals surface area contributed by atoms with Crippen LogP contribution in [0, 0.1) is 11.3 Å². The van der Waals surface area contributed by atoms with Crippen LogP contribution in [0.1, 0.15) is 41.0 Å². The number of rotatable bonds is 7. The molecule has 1 amide bonds. The Kier molecular flexibility index (Phi) is 6.40. The van der Waals surface area contributed by atoms with Gasteiger partial charge in [0.25, 0.3) is 0 Å². The molecule has 1 aromatic heterocycles. The average Bonchev–Trinajstić information content (AvgIpc) is 3.16. The molecule has 0 bridgehead atoms. The van der Waals surface area contributed by atoms with Crippen LogP contribution in [0.4, 0.5) is 4.79 Å². The first-order chi connectivity index (χ1) is 15.6. The number of alkyl carbamates (subject to hydrolysis) is 1. The van der Waals surface area contributed by atoms with E-state index in [2.05, 4.69) is 27.4 Å². The van der Waals surface area contributed by atoms with Crippen molar-refractivity contribution in [2.45, 2.75) is 24.5 Å². The highest BCUT2D eigenvalue weighted by Crippen LogP contribution is 2.44. The predicted octanol–water partition coefficient (Wildman–Crippen LogP) is 2.67. The van der Waals surface area contributed by atoms with Crippen molar-refractivity contribution >= 4 is 6.09 Å². The first kappa shape index (κ1) is 21.4. The number of fused-ring (bicyclic) bond motifs is 3. The number of carbonyl (C=O) groups excluding carboxylic acids is 1. The van der Waals surface area contributed by atoms with E-state index in [0.29, 0.717) is 0 Å². The van der Waals surface area contributed by atoms with Gasteiger partial charge in [-0.1, -0.05) is 48.5 Å². The normalized spacial score (nSPS) is 14.0. The van der Waals surface area contributed by atoms with Gasteiger partial charge in [-0.25, -0.2) is 14.8 Å². The Morgan fingerprint density at radius 2 is 1.66 bits per heavy atom. The molecule has 32 heavy (non-hydrogen) atoms.